The van der Waals surface area contributed by atoms with Crippen LogP contribution >= 0.6 is 11.6 Å². The molecule has 0 aliphatic carbocycles. The number of ketones is 1. The third-order valence-electron chi connectivity index (χ3n) is 2.69. The summed E-state index contributed by atoms with van der Waals surface area (Å²) in [7, 11) is 0. The molecule has 0 bridgehead atoms. The van der Waals surface area contributed by atoms with Crippen LogP contribution < -0.4 is 0 Å². The Morgan fingerprint density at radius 1 is 1.20 bits per heavy atom. The molecule has 0 aromatic heterocycles. The van der Waals surface area contributed by atoms with E-state index in [9.17, 15) is 19.3 Å². The molecule has 0 atom stereocenters. The fourth-order valence-electron chi connectivity index (χ4n) is 1.73. The smallest absolute Gasteiger partial charge is 0.273 e. The largest absolute Gasteiger partial charge is 0.294 e. The van der Waals surface area contributed by atoms with Crippen molar-refractivity contribution in [1.82, 2.24) is 0 Å². The Morgan fingerprint density at radius 2 is 1.85 bits per heavy atom. The van der Waals surface area contributed by atoms with Crippen LogP contribution in [0.3, 0.4) is 0 Å². The molecule has 0 unspecified atom stereocenters. The lowest BCUT2D eigenvalue weighted by Gasteiger charge is -2.02. The minimum atomic E-state index is -0.807. The molecule has 2 rings (SSSR count). The summed E-state index contributed by atoms with van der Waals surface area (Å²) in [5.74, 6) is -1.20. The number of Topliss-reactive ketones (excluding diaryl/α,β-unsaturated/α-hetero) is 1. The lowest BCUT2D eigenvalue weighted by atomic mass is 10.0. The number of nitrogens with zero attached hydrogens (tertiary/aromatic N) is 1. The van der Waals surface area contributed by atoms with E-state index in [0.717, 1.165) is 18.2 Å². The van der Waals surface area contributed by atoms with Gasteiger partial charge in [-0.2, -0.15) is 0 Å². The average Bonchev–Trinajstić information content (AvgIpc) is 2.40. The third-order valence-corrected chi connectivity index (χ3v) is 2.95. The lowest BCUT2D eigenvalue weighted by Crippen LogP contribution is -2.05. The molecule has 0 amide bonds. The topological polar surface area (TPSA) is 60.2 Å². The molecule has 2 aromatic carbocycles. The van der Waals surface area contributed by atoms with Gasteiger partial charge in [0, 0.05) is 23.1 Å². The van der Waals surface area contributed by atoms with E-state index in [0.29, 0.717) is 10.6 Å². The predicted molar refractivity (Wildman–Crippen MR) is 72.5 cm³/mol. The molecular formula is C14H9ClFNO3. The number of nitro groups is 1. The van der Waals surface area contributed by atoms with Crippen LogP contribution in [0.5, 0.6) is 0 Å². The summed E-state index contributed by atoms with van der Waals surface area (Å²) in [6.07, 6.45) is 0.0256. The highest BCUT2D eigenvalue weighted by molar-refractivity contribution is 6.30. The van der Waals surface area contributed by atoms with Crippen LogP contribution in [0.1, 0.15) is 15.9 Å². The number of non-ortho nitro benzene ring substituents is 1. The van der Waals surface area contributed by atoms with E-state index < -0.39 is 22.2 Å². The van der Waals surface area contributed by atoms with Crippen molar-refractivity contribution in [3.05, 3.63) is 74.5 Å². The van der Waals surface area contributed by atoms with Crippen LogP contribution in [-0.2, 0) is 6.42 Å². The van der Waals surface area contributed by atoms with E-state index in [4.69, 9.17) is 11.6 Å². The molecule has 20 heavy (non-hydrogen) atoms. The first-order valence-corrected chi connectivity index (χ1v) is 6.06. The van der Waals surface area contributed by atoms with Crippen LogP contribution in [0.4, 0.5) is 10.1 Å². The van der Waals surface area contributed by atoms with E-state index in [-0.39, 0.29) is 12.0 Å². The number of nitro benzene ring substituents is 1. The summed E-state index contributed by atoms with van der Waals surface area (Å²) in [6.45, 7) is 0. The van der Waals surface area contributed by atoms with E-state index in [1.165, 1.54) is 0 Å². The Morgan fingerprint density at radius 3 is 2.45 bits per heavy atom. The van der Waals surface area contributed by atoms with Gasteiger partial charge >= 0.3 is 0 Å². The Balaban J connectivity index is 2.25. The van der Waals surface area contributed by atoms with Crippen LogP contribution in [-0.4, -0.2) is 10.7 Å². The Bertz CT molecular complexity index is 671. The van der Waals surface area contributed by atoms with Crippen molar-refractivity contribution in [2.75, 3.05) is 0 Å². The zero-order chi connectivity index (χ0) is 14.7. The van der Waals surface area contributed by atoms with Gasteiger partial charge in [-0.05, 0) is 23.8 Å². The lowest BCUT2D eigenvalue weighted by molar-refractivity contribution is -0.385. The molecule has 0 N–H and O–H groups in total. The molecule has 0 saturated carbocycles. The van der Waals surface area contributed by atoms with Gasteiger partial charge < -0.3 is 0 Å². The van der Waals surface area contributed by atoms with E-state index in [2.05, 4.69) is 0 Å². The van der Waals surface area contributed by atoms with Crippen LogP contribution in [0.15, 0.2) is 42.5 Å². The normalized spacial score (nSPS) is 10.3. The third kappa shape index (κ3) is 3.39. The van der Waals surface area contributed by atoms with Crippen molar-refractivity contribution in [3.8, 4) is 0 Å². The molecule has 0 aliphatic heterocycles. The van der Waals surface area contributed by atoms with Gasteiger partial charge in [-0.15, -0.1) is 0 Å². The van der Waals surface area contributed by atoms with E-state index >= 15 is 0 Å². The molecule has 0 spiro atoms. The number of hydrogen-bond acceptors (Lipinski definition) is 3. The number of carbonyl (C=O) groups is 1. The average molecular weight is 294 g/mol. The molecule has 2 aromatic rings. The van der Waals surface area contributed by atoms with Crippen LogP contribution in [0.25, 0.3) is 0 Å². The quantitative estimate of drug-likeness (QED) is 0.489. The fraction of sp³-hybridized carbons (Fsp3) is 0.0714. The van der Waals surface area contributed by atoms with Crippen molar-refractivity contribution in [1.29, 1.82) is 0 Å². The van der Waals surface area contributed by atoms with Gasteiger partial charge in [0.1, 0.15) is 5.82 Å². The molecule has 4 nitrogen and oxygen atoms in total. The summed E-state index contributed by atoms with van der Waals surface area (Å²) in [4.78, 5) is 21.9. The van der Waals surface area contributed by atoms with Gasteiger partial charge in [0.25, 0.3) is 5.69 Å². The van der Waals surface area contributed by atoms with Gasteiger partial charge in [-0.25, -0.2) is 4.39 Å². The second-order valence-electron chi connectivity index (χ2n) is 4.18. The first-order chi connectivity index (χ1) is 9.45. The summed E-state index contributed by atoms with van der Waals surface area (Å²) in [5, 5.41) is 11.2. The van der Waals surface area contributed by atoms with Gasteiger partial charge in [0.2, 0.25) is 0 Å². The van der Waals surface area contributed by atoms with Gasteiger partial charge in [-0.3, -0.25) is 14.9 Å². The first kappa shape index (κ1) is 14.1. The van der Waals surface area contributed by atoms with E-state index in [1.807, 2.05) is 0 Å². The second-order valence-corrected chi connectivity index (χ2v) is 4.62. The monoisotopic (exact) mass is 293 g/mol. The van der Waals surface area contributed by atoms with Crippen molar-refractivity contribution in [2.24, 2.45) is 0 Å². The zero-order valence-corrected chi connectivity index (χ0v) is 10.9. The van der Waals surface area contributed by atoms with Crippen LogP contribution in [0.2, 0.25) is 5.02 Å². The first-order valence-electron chi connectivity index (χ1n) is 5.68. The maximum absolute atomic E-state index is 13.3. The molecular weight excluding hydrogens is 285 g/mol. The maximum Gasteiger partial charge on any atom is 0.273 e. The van der Waals surface area contributed by atoms with Crippen LogP contribution in [0, 0.1) is 15.9 Å². The van der Waals surface area contributed by atoms with Gasteiger partial charge in [0.15, 0.2) is 5.78 Å². The number of carbonyl (C=O) groups excluding carboxylic acids is 1. The Kier molecular flexibility index (Phi) is 4.10. The summed E-state index contributed by atoms with van der Waals surface area (Å²) in [6, 6.07) is 9.46. The molecule has 0 fully saturated rings. The molecule has 0 radical (unpaired) electrons. The maximum atomic E-state index is 13.3. The fourth-order valence-corrected chi connectivity index (χ4v) is 1.86. The summed E-state index contributed by atoms with van der Waals surface area (Å²) < 4.78 is 13.3. The van der Waals surface area contributed by atoms with Crippen molar-refractivity contribution in [3.63, 3.8) is 0 Å². The Labute approximate surface area is 119 Å². The highest BCUT2D eigenvalue weighted by Crippen LogP contribution is 2.18. The second kappa shape index (κ2) is 5.79. The van der Waals surface area contributed by atoms with Gasteiger partial charge in [0.05, 0.1) is 11.0 Å². The van der Waals surface area contributed by atoms with E-state index in [1.54, 1.807) is 24.3 Å². The standard InChI is InChI=1S/C14H9ClFNO3/c15-11-3-1-9(2-4-11)5-14(18)10-6-12(16)8-13(7-10)17(19)20/h1-4,6-8H,5H2. The number of hydrogen-bond donors (Lipinski definition) is 0. The van der Waals surface area contributed by atoms with Crippen molar-refractivity contribution in [2.45, 2.75) is 6.42 Å². The minimum Gasteiger partial charge on any atom is -0.294 e. The highest BCUT2D eigenvalue weighted by atomic mass is 35.5. The summed E-state index contributed by atoms with van der Waals surface area (Å²) in [5.41, 5.74) is 0.238. The predicted octanol–water partition coefficient (Wildman–Crippen LogP) is 3.81. The van der Waals surface area contributed by atoms with Crippen molar-refractivity contribution < 1.29 is 14.1 Å². The minimum absolute atomic E-state index is 0.0216. The molecule has 6 heteroatoms. The molecule has 0 aliphatic rings. The molecule has 0 saturated heterocycles. The van der Waals surface area contributed by atoms with Gasteiger partial charge in [-0.1, -0.05) is 23.7 Å². The highest BCUT2D eigenvalue weighted by Gasteiger charge is 2.15. The SMILES string of the molecule is O=C(Cc1ccc(Cl)cc1)c1cc(F)cc([N+](=O)[O-])c1. The summed E-state index contributed by atoms with van der Waals surface area (Å²) >= 11 is 5.73. The molecule has 0 heterocycles. The zero-order valence-electron chi connectivity index (χ0n) is 10.2. The van der Waals surface area contributed by atoms with Crippen molar-refractivity contribution >= 4 is 23.1 Å². The Hall–Kier alpha value is -2.27. The number of benzene rings is 2. The molecule has 102 valence electrons. The number of halogens is 2. The number of rotatable bonds is 4.